The highest BCUT2D eigenvalue weighted by Crippen LogP contribution is 1.97. The summed E-state index contributed by atoms with van der Waals surface area (Å²) < 4.78 is 1.56. The van der Waals surface area contributed by atoms with Crippen LogP contribution in [0.1, 0.15) is 5.69 Å². The van der Waals surface area contributed by atoms with Crippen molar-refractivity contribution in [1.29, 1.82) is 0 Å². The maximum absolute atomic E-state index is 10.4. The second kappa shape index (κ2) is 4.68. The Kier molecular flexibility index (Phi) is 3.55. The van der Waals surface area contributed by atoms with Crippen molar-refractivity contribution in [2.75, 3.05) is 6.54 Å². The normalized spacial score (nSPS) is 12.7. The molecule has 1 aromatic heterocycles. The molecule has 5 N–H and O–H groups in total. The average Bonchev–Trinajstić information content (AvgIpc) is 2.53. The van der Waals surface area contributed by atoms with Gasteiger partial charge in [-0.25, -0.2) is 0 Å². The van der Waals surface area contributed by atoms with Crippen molar-refractivity contribution in [2.45, 2.75) is 19.0 Å². The first kappa shape index (κ1) is 10.6. The van der Waals surface area contributed by atoms with E-state index in [0.717, 1.165) is 0 Å². The fraction of sp³-hybridized carbons (Fsp3) is 0.571. The SMILES string of the molecule is NCCn1cc(C[C@H](N)C(=O)O)nn1. The lowest BCUT2D eigenvalue weighted by molar-refractivity contribution is -0.138. The van der Waals surface area contributed by atoms with Crippen LogP contribution in [0.5, 0.6) is 0 Å². The molecular formula is C7H13N5O2. The van der Waals surface area contributed by atoms with Crippen molar-refractivity contribution >= 4 is 5.97 Å². The Morgan fingerprint density at radius 2 is 2.43 bits per heavy atom. The Morgan fingerprint density at radius 3 is 3.00 bits per heavy atom. The van der Waals surface area contributed by atoms with E-state index in [9.17, 15) is 4.79 Å². The molecule has 7 heteroatoms. The van der Waals surface area contributed by atoms with Gasteiger partial charge in [0, 0.05) is 19.2 Å². The molecule has 0 spiro atoms. The lowest BCUT2D eigenvalue weighted by atomic mass is 10.2. The summed E-state index contributed by atoms with van der Waals surface area (Å²) >= 11 is 0. The van der Waals surface area contributed by atoms with E-state index in [2.05, 4.69) is 10.3 Å². The number of carboxylic acids is 1. The molecule has 1 aromatic rings. The van der Waals surface area contributed by atoms with E-state index in [1.54, 1.807) is 10.9 Å². The highest BCUT2D eigenvalue weighted by molar-refractivity contribution is 5.73. The molecule has 0 aliphatic rings. The van der Waals surface area contributed by atoms with Gasteiger partial charge in [-0.1, -0.05) is 5.21 Å². The second-order valence-electron chi connectivity index (χ2n) is 2.91. The first-order chi connectivity index (χ1) is 6.63. The summed E-state index contributed by atoms with van der Waals surface area (Å²) in [4.78, 5) is 10.4. The van der Waals surface area contributed by atoms with Crippen LogP contribution >= 0.6 is 0 Å². The van der Waals surface area contributed by atoms with E-state index in [1.165, 1.54) is 0 Å². The monoisotopic (exact) mass is 199 g/mol. The predicted octanol–water partition coefficient (Wildman–Crippen LogP) is -1.81. The summed E-state index contributed by atoms with van der Waals surface area (Å²) in [5, 5.41) is 16.1. The van der Waals surface area contributed by atoms with Crippen molar-refractivity contribution in [3.05, 3.63) is 11.9 Å². The van der Waals surface area contributed by atoms with E-state index in [4.69, 9.17) is 16.6 Å². The van der Waals surface area contributed by atoms with Crippen LogP contribution in [0.4, 0.5) is 0 Å². The molecule has 0 aliphatic carbocycles. The standard InChI is InChI=1S/C7H13N5O2/c8-1-2-12-4-5(10-11-12)3-6(9)7(13)14/h4,6H,1-3,8-9H2,(H,13,14)/t6-/m0/s1. The fourth-order valence-electron chi connectivity index (χ4n) is 0.986. The van der Waals surface area contributed by atoms with Gasteiger partial charge in [0.05, 0.1) is 12.2 Å². The van der Waals surface area contributed by atoms with Gasteiger partial charge in [0.1, 0.15) is 6.04 Å². The van der Waals surface area contributed by atoms with E-state index in [1.807, 2.05) is 0 Å². The first-order valence-corrected chi connectivity index (χ1v) is 4.21. The summed E-state index contributed by atoms with van der Waals surface area (Å²) in [6, 6.07) is -0.932. The molecule has 78 valence electrons. The summed E-state index contributed by atoms with van der Waals surface area (Å²) in [7, 11) is 0. The zero-order valence-corrected chi connectivity index (χ0v) is 7.63. The van der Waals surface area contributed by atoms with Gasteiger partial charge < -0.3 is 16.6 Å². The highest BCUT2D eigenvalue weighted by Gasteiger charge is 2.14. The number of nitrogens with two attached hydrogens (primary N) is 2. The van der Waals surface area contributed by atoms with Gasteiger partial charge in [0.15, 0.2) is 0 Å². The van der Waals surface area contributed by atoms with Gasteiger partial charge in [0.25, 0.3) is 0 Å². The minimum atomic E-state index is -1.04. The molecule has 0 saturated heterocycles. The Hall–Kier alpha value is -1.47. The molecule has 1 rings (SSSR count). The van der Waals surface area contributed by atoms with Crippen LogP contribution in [0.2, 0.25) is 0 Å². The maximum atomic E-state index is 10.4. The van der Waals surface area contributed by atoms with E-state index in [0.29, 0.717) is 18.8 Å². The third-order valence-corrected chi connectivity index (χ3v) is 1.69. The molecule has 14 heavy (non-hydrogen) atoms. The summed E-state index contributed by atoms with van der Waals surface area (Å²) in [6.07, 6.45) is 1.83. The first-order valence-electron chi connectivity index (χ1n) is 4.21. The molecule has 0 aromatic carbocycles. The zero-order valence-electron chi connectivity index (χ0n) is 7.63. The number of carboxylic acid groups (broad SMARTS) is 1. The Morgan fingerprint density at radius 1 is 1.71 bits per heavy atom. The number of hydrogen-bond donors (Lipinski definition) is 3. The molecule has 0 radical (unpaired) electrons. The number of aromatic nitrogens is 3. The summed E-state index contributed by atoms with van der Waals surface area (Å²) in [5.41, 5.74) is 11.2. The van der Waals surface area contributed by atoms with Crippen molar-refractivity contribution in [1.82, 2.24) is 15.0 Å². The Labute approximate surface area is 80.7 Å². The molecule has 0 unspecified atom stereocenters. The molecule has 0 aliphatic heterocycles. The lowest BCUT2D eigenvalue weighted by Gasteiger charge is -2.01. The van der Waals surface area contributed by atoms with Gasteiger partial charge in [-0.15, -0.1) is 5.10 Å². The Bertz CT molecular complexity index is 311. The second-order valence-corrected chi connectivity index (χ2v) is 2.91. The topological polar surface area (TPSA) is 120 Å². The maximum Gasteiger partial charge on any atom is 0.320 e. The Balaban J connectivity index is 2.55. The molecule has 0 saturated carbocycles. The van der Waals surface area contributed by atoms with Gasteiger partial charge >= 0.3 is 5.97 Å². The van der Waals surface area contributed by atoms with Crippen molar-refractivity contribution in [3.63, 3.8) is 0 Å². The summed E-state index contributed by atoms with van der Waals surface area (Å²) in [5.74, 6) is -1.04. The van der Waals surface area contributed by atoms with Crippen LogP contribution in [0.15, 0.2) is 6.20 Å². The zero-order chi connectivity index (χ0) is 10.6. The number of hydrogen-bond acceptors (Lipinski definition) is 5. The van der Waals surface area contributed by atoms with Crippen LogP contribution in [-0.4, -0.2) is 38.7 Å². The molecular weight excluding hydrogens is 186 g/mol. The highest BCUT2D eigenvalue weighted by atomic mass is 16.4. The van der Waals surface area contributed by atoms with Crippen LogP contribution in [-0.2, 0) is 17.8 Å². The van der Waals surface area contributed by atoms with Gasteiger partial charge in [-0.05, 0) is 0 Å². The minimum Gasteiger partial charge on any atom is -0.480 e. The van der Waals surface area contributed by atoms with Crippen LogP contribution in [0, 0.1) is 0 Å². The van der Waals surface area contributed by atoms with E-state index >= 15 is 0 Å². The molecule has 7 nitrogen and oxygen atoms in total. The molecule has 0 amide bonds. The van der Waals surface area contributed by atoms with Crippen molar-refractivity contribution < 1.29 is 9.90 Å². The third-order valence-electron chi connectivity index (χ3n) is 1.69. The smallest absolute Gasteiger partial charge is 0.320 e. The van der Waals surface area contributed by atoms with Crippen LogP contribution < -0.4 is 11.5 Å². The van der Waals surface area contributed by atoms with Crippen LogP contribution in [0.3, 0.4) is 0 Å². The molecule has 1 atom stereocenters. The predicted molar refractivity (Wildman–Crippen MR) is 48.4 cm³/mol. The van der Waals surface area contributed by atoms with Gasteiger partial charge in [-0.3, -0.25) is 9.48 Å². The van der Waals surface area contributed by atoms with Crippen molar-refractivity contribution in [3.8, 4) is 0 Å². The third kappa shape index (κ3) is 2.79. The minimum absolute atomic E-state index is 0.180. The molecule has 0 bridgehead atoms. The van der Waals surface area contributed by atoms with Crippen molar-refractivity contribution in [2.24, 2.45) is 11.5 Å². The van der Waals surface area contributed by atoms with Crippen LogP contribution in [0.25, 0.3) is 0 Å². The van der Waals surface area contributed by atoms with Gasteiger partial charge in [0.2, 0.25) is 0 Å². The average molecular weight is 199 g/mol. The number of rotatable bonds is 5. The van der Waals surface area contributed by atoms with E-state index in [-0.39, 0.29) is 6.42 Å². The number of carbonyl (C=O) groups is 1. The molecule has 0 fully saturated rings. The fourth-order valence-corrected chi connectivity index (χ4v) is 0.986. The quantitative estimate of drug-likeness (QED) is 0.514. The van der Waals surface area contributed by atoms with E-state index < -0.39 is 12.0 Å². The lowest BCUT2D eigenvalue weighted by Crippen LogP contribution is -2.32. The number of nitrogens with zero attached hydrogens (tertiary/aromatic N) is 3. The molecule has 1 heterocycles. The largest absolute Gasteiger partial charge is 0.480 e. The van der Waals surface area contributed by atoms with Gasteiger partial charge in [-0.2, -0.15) is 0 Å². The summed E-state index contributed by atoms with van der Waals surface area (Å²) in [6.45, 7) is 1.03. The number of aliphatic carboxylic acids is 1.